The molecule has 0 unspecified atom stereocenters. The number of nitrogens with two attached hydrogens (primary N) is 1. The molecule has 0 aromatic heterocycles. The Labute approximate surface area is 117 Å². The van der Waals surface area contributed by atoms with Gasteiger partial charge < -0.3 is 10.6 Å². The van der Waals surface area contributed by atoms with Gasteiger partial charge in [0, 0.05) is 23.7 Å². The van der Waals surface area contributed by atoms with Crippen LogP contribution in [-0.4, -0.2) is 29.4 Å². The number of hydrogen-bond donors (Lipinski definition) is 1. The van der Waals surface area contributed by atoms with Crippen LogP contribution in [0.2, 0.25) is 5.02 Å². The van der Waals surface area contributed by atoms with Gasteiger partial charge in [-0.05, 0) is 44.4 Å². The van der Waals surface area contributed by atoms with Crippen molar-refractivity contribution in [2.24, 2.45) is 5.73 Å². The quantitative estimate of drug-likeness (QED) is 0.908. The third-order valence-electron chi connectivity index (χ3n) is 3.58. The molecule has 1 amide bonds. The number of piperidine rings is 1. The fourth-order valence-corrected chi connectivity index (χ4v) is 2.74. The summed E-state index contributed by atoms with van der Waals surface area (Å²) in [5, 5.41) is 0.360. The van der Waals surface area contributed by atoms with Crippen molar-refractivity contribution in [1.29, 1.82) is 0 Å². The zero-order valence-electron chi connectivity index (χ0n) is 10.9. The zero-order valence-corrected chi connectivity index (χ0v) is 11.7. The Morgan fingerprint density at radius 3 is 2.95 bits per heavy atom. The number of nitrogens with zero attached hydrogens (tertiary/aromatic N) is 1. The first-order valence-electron chi connectivity index (χ1n) is 6.52. The molecule has 1 aromatic carbocycles. The monoisotopic (exact) mass is 284 g/mol. The summed E-state index contributed by atoms with van der Waals surface area (Å²) in [6, 6.07) is 3.89. The lowest BCUT2D eigenvalue weighted by Gasteiger charge is -2.38. The van der Waals surface area contributed by atoms with E-state index in [0.717, 1.165) is 19.3 Å². The Kier molecular flexibility index (Phi) is 4.42. The van der Waals surface area contributed by atoms with Crippen LogP contribution in [0.3, 0.4) is 0 Å². The number of rotatable bonds is 2. The Balaban J connectivity index is 2.28. The van der Waals surface area contributed by atoms with Crippen molar-refractivity contribution in [3.63, 3.8) is 0 Å². The van der Waals surface area contributed by atoms with Crippen molar-refractivity contribution in [3.05, 3.63) is 34.6 Å². The molecule has 0 aliphatic carbocycles. The SMILES string of the molecule is C[C@H](N)[C@@H]1CCCCN1C(=O)c1cc(Cl)ccc1F. The smallest absolute Gasteiger partial charge is 0.257 e. The van der Waals surface area contributed by atoms with E-state index < -0.39 is 5.82 Å². The van der Waals surface area contributed by atoms with Crippen LogP contribution < -0.4 is 5.73 Å². The minimum atomic E-state index is -0.539. The van der Waals surface area contributed by atoms with Crippen LogP contribution in [-0.2, 0) is 0 Å². The molecule has 1 fully saturated rings. The molecule has 104 valence electrons. The van der Waals surface area contributed by atoms with Crippen LogP contribution in [0, 0.1) is 5.82 Å². The summed E-state index contributed by atoms with van der Waals surface area (Å²) in [7, 11) is 0. The molecule has 1 saturated heterocycles. The second-order valence-electron chi connectivity index (χ2n) is 5.04. The highest BCUT2D eigenvalue weighted by Gasteiger charge is 2.31. The first kappa shape index (κ1) is 14.3. The van der Waals surface area contributed by atoms with E-state index in [2.05, 4.69) is 0 Å². The molecule has 2 rings (SSSR count). The lowest BCUT2D eigenvalue weighted by atomic mass is 9.96. The summed E-state index contributed by atoms with van der Waals surface area (Å²) in [6.45, 7) is 2.50. The first-order valence-corrected chi connectivity index (χ1v) is 6.90. The molecule has 5 heteroatoms. The zero-order chi connectivity index (χ0) is 14.0. The van der Waals surface area contributed by atoms with Gasteiger partial charge in [0.2, 0.25) is 0 Å². The van der Waals surface area contributed by atoms with Gasteiger partial charge in [-0.3, -0.25) is 4.79 Å². The van der Waals surface area contributed by atoms with Gasteiger partial charge in [0.05, 0.1) is 5.56 Å². The van der Waals surface area contributed by atoms with E-state index in [1.165, 1.54) is 18.2 Å². The predicted octanol–water partition coefficient (Wildman–Crippen LogP) is 2.82. The maximum Gasteiger partial charge on any atom is 0.257 e. The molecular formula is C14H18ClFN2O. The summed E-state index contributed by atoms with van der Waals surface area (Å²) in [4.78, 5) is 14.1. The number of carbonyl (C=O) groups is 1. The predicted molar refractivity (Wildman–Crippen MR) is 73.7 cm³/mol. The standard InChI is InChI=1S/C14H18ClFN2O/c1-9(17)13-4-2-3-7-18(13)14(19)11-8-10(15)5-6-12(11)16/h5-6,8-9,13H,2-4,7,17H2,1H3/t9-,13-/m0/s1. The first-order chi connectivity index (χ1) is 9.00. The third kappa shape index (κ3) is 3.07. The maximum atomic E-state index is 13.8. The molecule has 1 heterocycles. The van der Waals surface area contributed by atoms with E-state index >= 15 is 0 Å². The number of likely N-dealkylation sites (tertiary alicyclic amines) is 1. The average molecular weight is 285 g/mol. The van der Waals surface area contributed by atoms with Crippen LogP contribution in [0.25, 0.3) is 0 Å². The molecule has 3 nitrogen and oxygen atoms in total. The largest absolute Gasteiger partial charge is 0.334 e. The molecule has 0 saturated carbocycles. The Hall–Kier alpha value is -1.13. The van der Waals surface area contributed by atoms with E-state index in [1.54, 1.807) is 4.90 Å². The van der Waals surface area contributed by atoms with Gasteiger partial charge in [0.25, 0.3) is 5.91 Å². The topological polar surface area (TPSA) is 46.3 Å². The van der Waals surface area contributed by atoms with Crippen LogP contribution in [0.15, 0.2) is 18.2 Å². The summed E-state index contributed by atoms with van der Waals surface area (Å²) >= 11 is 5.84. The summed E-state index contributed by atoms with van der Waals surface area (Å²) < 4.78 is 13.8. The van der Waals surface area contributed by atoms with E-state index in [9.17, 15) is 9.18 Å². The molecule has 1 aliphatic rings. The fraction of sp³-hybridized carbons (Fsp3) is 0.500. The van der Waals surface area contributed by atoms with Crippen molar-refractivity contribution < 1.29 is 9.18 Å². The van der Waals surface area contributed by atoms with Crippen molar-refractivity contribution in [1.82, 2.24) is 4.90 Å². The van der Waals surface area contributed by atoms with E-state index in [-0.39, 0.29) is 23.6 Å². The molecule has 19 heavy (non-hydrogen) atoms. The Bertz CT molecular complexity index is 479. The molecule has 2 N–H and O–H groups in total. The number of amides is 1. The number of benzene rings is 1. The van der Waals surface area contributed by atoms with Gasteiger partial charge in [0.15, 0.2) is 0 Å². The van der Waals surface area contributed by atoms with E-state index in [4.69, 9.17) is 17.3 Å². The van der Waals surface area contributed by atoms with Crippen LogP contribution in [0.1, 0.15) is 36.5 Å². The van der Waals surface area contributed by atoms with Crippen molar-refractivity contribution in [3.8, 4) is 0 Å². The van der Waals surface area contributed by atoms with Crippen molar-refractivity contribution in [2.75, 3.05) is 6.54 Å². The normalized spacial score (nSPS) is 21.3. The molecular weight excluding hydrogens is 267 g/mol. The van der Waals surface area contributed by atoms with Crippen molar-refractivity contribution >= 4 is 17.5 Å². The lowest BCUT2D eigenvalue weighted by Crippen LogP contribution is -2.51. The molecule has 1 aromatic rings. The Morgan fingerprint density at radius 2 is 2.26 bits per heavy atom. The highest BCUT2D eigenvalue weighted by molar-refractivity contribution is 6.31. The minimum Gasteiger partial charge on any atom is -0.334 e. The van der Waals surface area contributed by atoms with Crippen LogP contribution in [0.4, 0.5) is 4.39 Å². The fourth-order valence-electron chi connectivity index (χ4n) is 2.57. The van der Waals surface area contributed by atoms with Crippen molar-refractivity contribution in [2.45, 2.75) is 38.3 Å². The van der Waals surface area contributed by atoms with E-state index in [1.807, 2.05) is 6.92 Å². The number of carbonyl (C=O) groups excluding carboxylic acids is 1. The highest BCUT2D eigenvalue weighted by Crippen LogP contribution is 2.23. The van der Waals surface area contributed by atoms with Gasteiger partial charge in [-0.25, -0.2) is 4.39 Å². The summed E-state index contributed by atoms with van der Waals surface area (Å²) in [5.74, 6) is -0.856. The highest BCUT2D eigenvalue weighted by atomic mass is 35.5. The third-order valence-corrected chi connectivity index (χ3v) is 3.81. The minimum absolute atomic E-state index is 0.0278. The van der Waals surface area contributed by atoms with Crippen LogP contribution in [0.5, 0.6) is 0 Å². The molecule has 1 aliphatic heterocycles. The molecule has 0 radical (unpaired) electrons. The van der Waals surface area contributed by atoms with Crippen LogP contribution >= 0.6 is 11.6 Å². The average Bonchev–Trinajstić information content (AvgIpc) is 2.40. The number of halogens is 2. The molecule has 0 bridgehead atoms. The van der Waals surface area contributed by atoms with Gasteiger partial charge in [-0.2, -0.15) is 0 Å². The van der Waals surface area contributed by atoms with E-state index in [0.29, 0.717) is 11.6 Å². The molecule has 0 spiro atoms. The van der Waals surface area contributed by atoms with Gasteiger partial charge >= 0.3 is 0 Å². The van der Waals surface area contributed by atoms with Gasteiger partial charge in [-0.15, -0.1) is 0 Å². The number of hydrogen-bond acceptors (Lipinski definition) is 2. The van der Waals surface area contributed by atoms with Gasteiger partial charge in [-0.1, -0.05) is 11.6 Å². The Morgan fingerprint density at radius 1 is 1.53 bits per heavy atom. The van der Waals surface area contributed by atoms with Gasteiger partial charge in [0.1, 0.15) is 5.82 Å². The summed E-state index contributed by atoms with van der Waals surface area (Å²) in [6.07, 6.45) is 2.84. The second-order valence-corrected chi connectivity index (χ2v) is 5.48. The summed E-state index contributed by atoms with van der Waals surface area (Å²) in [5.41, 5.74) is 5.96. The molecule has 2 atom stereocenters. The maximum absolute atomic E-state index is 13.8. The lowest BCUT2D eigenvalue weighted by molar-refractivity contribution is 0.0579. The second kappa shape index (κ2) is 5.88.